The van der Waals surface area contributed by atoms with Crippen LogP contribution < -0.4 is 11.3 Å². The Morgan fingerprint density at radius 1 is 1.37 bits per heavy atom. The van der Waals surface area contributed by atoms with E-state index in [2.05, 4.69) is 55.7 Å². The van der Waals surface area contributed by atoms with E-state index in [4.69, 9.17) is 5.84 Å². The topological polar surface area (TPSA) is 55.9 Å². The third kappa shape index (κ3) is 3.22. The Morgan fingerprint density at radius 2 is 2.16 bits per heavy atom. The Balaban J connectivity index is 2.21. The molecule has 4 heteroatoms. The molecule has 1 unspecified atom stereocenters. The number of hydrogen-bond acceptors (Lipinski definition) is 3. The second kappa shape index (κ2) is 5.99. The molecule has 4 nitrogen and oxygen atoms in total. The largest absolute Gasteiger partial charge is 0.273 e. The molecule has 0 spiro atoms. The Labute approximate surface area is 114 Å². The minimum absolute atomic E-state index is 0.0980. The Hall–Kier alpha value is -1.65. The highest BCUT2D eigenvalue weighted by Crippen LogP contribution is 2.20. The van der Waals surface area contributed by atoms with Gasteiger partial charge in [-0.25, -0.2) is 0 Å². The van der Waals surface area contributed by atoms with E-state index in [1.165, 1.54) is 16.7 Å². The molecule has 102 valence electrons. The van der Waals surface area contributed by atoms with E-state index in [0.29, 0.717) is 0 Å². The summed E-state index contributed by atoms with van der Waals surface area (Å²) < 4.78 is 1.92. The van der Waals surface area contributed by atoms with Gasteiger partial charge in [0.1, 0.15) is 0 Å². The van der Waals surface area contributed by atoms with Crippen LogP contribution in [0.25, 0.3) is 0 Å². The predicted octanol–water partition coefficient (Wildman–Crippen LogP) is 2.27. The monoisotopic (exact) mass is 258 g/mol. The van der Waals surface area contributed by atoms with Crippen LogP contribution in [0.2, 0.25) is 0 Å². The summed E-state index contributed by atoms with van der Waals surface area (Å²) in [4.78, 5) is 0. The van der Waals surface area contributed by atoms with Gasteiger partial charge in [-0.3, -0.25) is 16.0 Å². The van der Waals surface area contributed by atoms with E-state index >= 15 is 0 Å². The molecular weight excluding hydrogens is 236 g/mol. The number of aromatic nitrogens is 2. The zero-order valence-corrected chi connectivity index (χ0v) is 11.9. The molecule has 0 aliphatic heterocycles. The maximum Gasteiger partial charge on any atom is 0.0538 e. The summed E-state index contributed by atoms with van der Waals surface area (Å²) in [6, 6.07) is 6.62. The van der Waals surface area contributed by atoms with E-state index < -0.39 is 0 Å². The molecule has 2 rings (SSSR count). The van der Waals surface area contributed by atoms with E-state index in [9.17, 15) is 0 Å². The highest BCUT2D eigenvalue weighted by molar-refractivity contribution is 5.32. The number of aryl methyl sites for hydroxylation is 3. The third-order valence-electron chi connectivity index (χ3n) is 3.51. The summed E-state index contributed by atoms with van der Waals surface area (Å²) in [7, 11) is 0. The molecule has 0 aliphatic carbocycles. The summed E-state index contributed by atoms with van der Waals surface area (Å²) in [5.74, 6) is 5.70. The molecule has 19 heavy (non-hydrogen) atoms. The van der Waals surface area contributed by atoms with Gasteiger partial charge in [-0.15, -0.1) is 0 Å². The lowest BCUT2D eigenvalue weighted by Gasteiger charge is -2.16. The van der Waals surface area contributed by atoms with Crippen molar-refractivity contribution in [3.63, 3.8) is 0 Å². The van der Waals surface area contributed by atoms with Crippen LogP contribution in [0, 0.1) is 13.8 Å². The first-order valence-corrected chi connectivity index (χ1v) is 6.68. The van der Waals surface area contributed by atoms with Gasteiger partial charge in [0, 0.05) is 18.3 Å². The fraction of sp³-hybridized carbons (Fsp3) is 0.400. The van der Waals surface area contributed by atoms with Crippen LogP contribution in [-0.2, 0) is 13.0 Å². The molecule has 0 amide bonds. The fourth-order valence-corrected chi connectivity index (χ4v) is 2.25. The number of benzene rings is 1. The zero-order chi connectivity index (χ0) is 13.8. The van der Waals surface area contributed by atoms with E-state index in [-0.39, 0.29) is 6.04 Å². The molecule has 0 bridgehead atoms. The van der Waals surface area contributed by atoms with Crippen molar-refractivity contribution in [1.82, 2.24) is 15.2 Å². The van der Waals surface area contributed by atoms with Crippen LogP contribution in [0.5, 0.6) is 0 Å². The minimum Gasteiger partial charge on any atom is -0.273 e. The van der Waals surface area contributed by atoms with Gasteiger partial charge in [-0.05, 0) is 38.3 Å². The highest BCUT2D eigenvalue weighted by atomic mass is 15.3. The SMILES string of the molecule is CCn1cc(C(Cc2cc(C)ccc2C)NN)cn1. The first-order chi connectivity index (χ1) is 9.13. The van der Waals surface area contributed by atoms with Crippen molar-refractivity contribution >= 4 is 0 Å². The lowest BCUT2D eigenvalue weighted by molar-refractivity contribution is 0.549. The Bertz CT molecular complexity index is 545. The standard InChI is InChI=1S/C15H22N4/c1-4-19-10-14(9-17-19)15(18-16)8-13-7-11(2)5-6-12(13)3/h5-7,9-10,15,18H,4,8,16H2,1-3H3. The van der Waals surface area contributed by atoms with Gasteiger partial charge in [-0.2, -0.15) is 5.10 Å². The van der Waals surface area contributed by atoms with Crippen molar-refractivity contribution < 1.29 is 0 Å². The summed E-state index contributed by atoms with van der Waals surface area (Å²) >= 11 is 0. The van der Waals surface area contributed by atoms with Crippen LogP contribution in [0.3, 0.4) is 0 Å². The molecule has 2 aromatic rings. The first kappa shape index (κ1) is 13.8. The zero-order valence-electron chi connectivity index (χ0n) is 11.9. The predicted molar refractivity (Wildman–Crippen MR) is 77.6 cm³/mol. The van der Waals surface area contributed by atoms with Crippen molar-refractivity contribution in [3.05, 3.63) is 52.8 Å². The molecular formula is C15H22N4. The van der Waals surface area contributed by atoms with Gasteiger partial charge < -0.3 is 0 Å². The second-order valence-electron chi connectivity index (χ2n) is 4.98. The lowest BCUT2D eigenvalue weighted by atomic mass is 9.97. The molecule has 1 atom stereocenters. The minimum atomic E-state index is 0.0980. The second-order valence-corrected chi connectivity index (χ2v) is 4.98. The summed E-state index contributed by atoms with van der Waals surface area (Å²) in [6.45, 7) is 7.20. The molecule has 0 saturated carbocycles. The first-order valence-electron chi connectivity index (χ1n) is 6.68. The van der Waals surface area contributed by atoms with Gasteiger partial charge in [0.05, 0.1) is 12.2 Å². The summed E-state index contributed by atoms with van der Waals surface area (Å²) in [6.07, 6.45) is 4.81. The van der Waals surface area contributed by atoms with Crippen LogP contribution in [0.4, 0.5) is 0 Å². The molecule has 0 radical (unpaired) electrons. The number of rotatable bonds is 5. The number of nitrogens with two attached hydrogens (primary N) is 1. The van der Waals surface area contributed by atoms with Crippen LogP contribution >= 0.6 is 0 Å². The normalized spacial score (nSPS) is 12.6. The molecule has 3 N–H and O–H groups in total. The molecule has 1 aromatic heterocycles. The van der Waals surface area contributed by atoms with Gasteiger partial charge >= 0.3 is 0 Å². The van der Waals surface area contributed by atoms with Crippen molar-refractivity contribution in [1.29, 1.82) is 0 Å². The van der Waals surface area contributed by atoms with Crippen LogP contribution in [0.1, 0.15) is 35.2 Å². The van der Waals surface area contributed by atoms with Crippen LogP contribution in [-0.4, -0.2) is 9.78 Å². The number of nitrogens with one attached hydrogen (secondary N) is 1. The highest BCUT2D eigenvalue weighted by Gasteiger charge is 2.14. The number of hydrazine groups is 1. The van der Waals surface area contributed by atoms with Gasteiger partial charge in [0.15, 0.2) is 0 Å². The smallest absolute Gasteiger partial charge is 0.0538 e. The van der Waals surface area contributed by atoms with Crippen molar-refractivity contribution in [2.45, 2.75) is 39.8 Å². The number of hydrogen-bond donors (Lipinski definition) is 2. The van der Waals surface area contributed by atoms with Crippen molar-refractivity contribution in [2.24, 2.45) is 5.84 Å². The Morgan fingerprint density at radius 3 is 2.79 bits per heavy atom. The summed E-state index contributed by atoms with van der Waals surface area (Å²) in [5, 5.41) is 4.31. The molecule has 1 heterocycles. The van der Waals surface area contributed by atoms with Gasteiger partial charge in [0.25, 0.3) is 0 Å². The quantitative estimate of drug-likeness (QED) is 0.639. The Kier molecular flexibility index (Phi) is 4.35. The van der Waals surface area contributed by atoms with Crippen molar-refractivity contribution in [3.8, 4) is 0 Å². The molecule has 1 aromatic carbocycles. The van der Waals surface area contributed by atoms with Gasteiger partial charge in [0.2, 0.25) is 0 Å². The maximum absolute atomic E-state index is 5.70. The van der Waals surface area contributed by atoms with Gasteiger partial charge in [-0.1, -0.05) is 23.8 Å². The average Bonchev–Trinajstić information content (AvgIpc) is 2.88. The average molecular weight is 258 g/mol. The number of nitrogens with zero attached hydrogens (tertiary/aromatic N) is 2. The van der Waals surface area contributed by atoms with Crippen molar-refractivity contribution in [2.75, 3.05) is 0 Å². The molecule has 0 fully saturated rings. The fourth-order valence-electron chi connectivity index (χ4n) is 2.25. The molecule has 0 saturated heterocycles. The summed E-state index contributed by atoms with van der Waals surface area (Å²) in [5.41, 5.74) is 7.93. The third-order valence-corrected chi connectivity index (χ3v) is 3.51. The molecule has 0 aliphatic rings. The maximum atomic E-state index is 5.70. The van der Waals surface area contributed by atoms with Crippen LogP contribution in [0.15, 0.2) is 30.6 Å². The van der Waals surface area contributed by atoms with E-state index in [1.54, 1.807) is 0 Å². The van der Waals surface area contributed by atoms with E-state index in [1.807, 2.05) is 10.9 Å². The lowest BCUT2D eigenvalue weighted by Crippen LogP contribution is -2.29. The van der Waals surface area contributed by atoms with E-state index in [0.717, 1.165) is 18.5 Å².